The van der Waals surface area contributed by atoms with Crippen molar-refractivity contribution in [1.82, 2.24) is 15.6 Å². The fourth-order valence-electron chi connectivity index (χ4n) is 4.18. The molecule has 3 aromatic carbocycles. The Morgan fingerprint density at radius 2 is 1.58 bits per heavy atom. The Kier molecular flexibility index (Phi) is 6.45. The third kappa shape index (κ3) is 5.23. The third-order valence-electron chi connectivity index (χ3n) is 5.89. The fourth-order valence-corrected chi connectivity index (χ4v) is 4.18. The summed E-state index contributed by atoms with van der Waals surface area (Å²) >= 11 is 0. The molecule has 6 heteroatoms. The lowest BCUT2D eigenvalue weighted by atomic mass is 9.90. The van der Waals surface area contributed by atoms with Crippen LogP contribution in [0.5, 0.6) is 0 Å². The van der Waals surface area contributed by atoms with E-state index in [2.05, 4.69) is 15.6 Å². The highest BCUT2D eigenvalue weighted by Gasteiger charge is 2.37. The molecule has 2 unspecified atom stereocenters. The van der Waals surface area contributed by atoms with E-state index < -0.39 is 11.6 Å². The fraction of sp³-hybridized carbons (Fsp3) is 0.185. The van der Waals surface area contributed by atoms with Crippen LogP contribution in [-0.4, -0.2) is 27.6 Å². The van der Waals surface area contributed by atoms with Crippen LogP contribution in [-0.2, 0) is 17.6 Å². The summed E-state index contributed by atoms with van der Waals surface area (Å²) in [6.45, 7) is 1.63. The average molecular weight is 442 g/mol. The summed E-state index contributed by atoms with van der Waals surface area (Å²) < 4.78 is 0. The molecular weight excluding hydrogens is 414 g/mol. The summed E-state index contributed by atoms with van der Waals surface area (Å²) in [5.74, 6) is -0.375. The first-order valence-corrected chi connectivity index (χ1v) is 10.9. The van der Waals surface area contributed by atoms with Gasteiger partial charge in [0.15, 0.2) is 0 Å². The van der Waals surface area contributed by atoms with Crippen molar-refractivity contribution in [3.63, 3.8) is 0 Å². The lowest BCUT2D eigenvalue weighted by Crippen LogP contribution is -2.58. The molecule has 2 atom stereocenters. The molecule has 1 aromatic heterocycles. The van der Waals surface area contributed by atoms with Gasteiger partial charge >= 0.3 is 6.09 Å². The largest absolute Gasteiger partial charge is 0.465 e. The Bertz CT molecular complexity index is 1240. The molecule has 0 spiro atoms. The number of rotatable bonds is 8. The van der Waals surface area contributed by atoms with Gasteiger partial charge in [-0.05, 0) is 36.1 Å². The van der Waals surface area contributed by atoms with Crippen LogP contribution in [0.15, 0.2) is 91.1 Å². The number of hydrogen-bond acceptors (Lipinski definition) is 2. The number of aromatic amines is 1. The number of carboxylic acid groups (broad SMARTS) is 1. The van der Waals surface area contributed by atoms with Gasteiger partial charge < -0.3 is 20.7 Å². The minimum atomic E-state index is -1.36. The van der Waals surface area contributed by atoms with E-state index >= 15 is 0 Å². The molecule has 168 valence electrons. The minimum absolute atomic E-state index is 0.210. The average Bonchev–Trinajstić information content (AvgIpc) is 3.22. The highest BCUT2D eigenvalue weighted by atomic mass is 16.4. The highest BCUT2D eigenvalue weighted by Crippen LogP contribution is 2.25. The Labute approximate surface area is 192 Å². The van der Waals surface area contributed by atoms with E-state index in [4.69, 9.17) is 0 Å². The van der Waals surface area contributed by atoms with Crippen molar-refractivity contribution in [3.8, 4) is 0 Å². The number of para-hydroxylation sites is 1. The Morgan fingerprint density at radius 3 is 2.27 bits per heavy atom. The molecule has 0 radical (unpaired) electrons. The molecule has 0 aliphatic heterocycles. The molecule has 6 nitrogen and oxygen atoms in total. The number of carbonyl (C=O) groups excluding carboxylic acids is 1. The molecule has 0 saturated carbocycles. The van der Waals surface area contributed by atoms with E-state index in [9.17, 15) is 14.7 Å². The van der Waals surface area contributed by atoms with Gasteiger partial charge in [-0.15, -0.1) is 0 Å². The molecule has 4 N–H and O–H groups in total. The van der Waals surface area contributed by atoms with Crippen molar-refractivity contribution in [1.29, 1.82) is 0 Å². The molecule has 0 saturated heterocycles. The second-order valence-corrected chi connectivity index (χ2v) is 8.42. The summed E-state index contributed by atoms with van der Waals surface area (Å²) in [7, 11) is 0. The predicted octanol–water partition coefficient (Wildman–Crippen LogP) is 4.84. The smallest absolute Gasteiger partial charge is 0.405 e. The molecule has 4 aromatic rings. The maximum Gasteiger partial charge on any atom is 0.405 e. The van der Waals surface area contributed by atoms with Crippen molar-refractivity contribution < 1.29 is 14.7 Å². The second kappa shape index (κ2) is 9.61. The third-order valence-corrected chi connectivity index (χ3v) is 5.89. The first-order valence-electron chi connectivity index (χ1n) is 10.9. The van der Waals surface area contributed by atoms with Crippen molar-refractivity contribution in [2.45, 2.75) is 31.3 Å². The number of H-pyrrole nitrogens is 1. The zero-order chi connectivity index (χ0) is 23.3. The number of amides is 2. The molecule has 0 aliphatic rings. The Hall–Kier alpha value is -4.06. The van der Waals surface area contributed by atoms with Crippen molar-refractivity contribution in [2.24, 2.45) is 0 Å². The standard InChI is InChI=1S/C27H27N3O3/c1-27(30-26(32)33,17-21-18-28-23-15-9-8-14-22(21)23)25(31)29-24(20-12-6-3-7-13-20)16-19-10-4-2-5-11-19/h2-15,18,24,28,30H,16-17H2,1H3,(H,29,31)(H,32,33). The lowest BCUT2D eigenvalue weighted by molar-refractivity contribution is -0.127. The zero-order valence-corrected chi connectivity index (χ0v) is 18.4. The maximum atomic E-state index is 13.6. The van der Waals surface area contributed by atoms with Gasteiger partial charge in [-0.25, -0.2) is 4.79 Å². The van der Waals surface area contributed by atoms with Crippen LogP contribution in [0, 0.1) is 0 Å². The van der Waals surface area contributed by atoms with Gasteiger partial charge in [0.1, 0.15) is 5.54 Å². The van der Waals surface area contributed by atoms with Crippen LogP contribution >= 0.6 is 0 Å². The van der Waals surface area contributed by atoms with Crippen LogP contribution in [0.25, 0.3) is 10.9 Å². The topological polar surface area (TPSA) is 94.2 Å². The molecule has 33 heavy (non-hydrogen) atoms. The van der Waals surface area contributed by atoms with Crippen LogP contribution in [0.1, 0.15) is 29.7 Å². The summed E-state index contributed by atoms with van der Waals surface area (Å²) in [5, 5.41) is 16.1. The lowest BCUT2D eigenvalue weighted by Gasteiger charge is -2.31. The maximum absolute atomic E-state index is 13.6. The van der Waals surface area contributed by atoms with Crippen molar-refractivity contribution >= 4 is 22.9 Å². The van der Waals surface area contributed by atoms with Crippen LogP contribution in [0.3, 0.4) is 0 Å². The summed E-state index contributed by atoms with van der Waals surface area (Å²) in [5.41, 5.74) is 2.49. The van der Waals surface area contributed by atoms with Gasteiger partial charge in [-0.1, -0.05) is 78.9 Å². The predicted molar refractivity (Wildman–Crippen MR) is 129 cm³/mol. The molecule has 0 bridgehead atoms. The quantitative estimate of drug-likeness (QED) is 0.315. The number of benzene rings is 3. The number of nitrogens with one attached hydrogen (secondary N) is 3. The summed E-state index contributed by atoms with van der Waals surface area (Å²) in [6, 6.07) is 27.1. The normalized spacial score (nSPS) is 13.7. The molecule has 1 heterocycles. The van der Waals surface area contributed by atoms with Gasteiger partial charge in [-0.3, -0.25) is 4.79 Å². The summed E-state index contributed by atoms with van der Waals surface area (Å²) in [6.07, 6.45) is 1.39. The van der Waals surface area contributed by atoms with Gasteiger partial charge in [0.25, 0.3) is 0 Å². The van der Waals surface area contributed by atoms with Crippen LogP contribution < -0.4 is 10.6 Å². The van der Waals surface area contributed by atoms with Gasteiger partial charge in [0.05, 0.1) is 6.04 Å². The Morgan fingerprint density at radius 1 is 0.939 bits per heavy atom. The molecule has 4 rings (SSSR count). The molecule has 0 aliphatic carbocycles. The SMILES string of the molecule is CC(Cc1c[nH]c2ccccc12)(NC(=O)O)C(=O)NC(Cc1ccccc1)c1ccccc1. The minimum Gasteiger partial charge on any atom is -0.465 e. The molecule has 0 fully saturated rings. The zero-order valence-electron chi connectivity index (χ0n) is 18.4. The van der Waals surface area contributed by atoms with Crippen molar-refractivity contribution in [2.75, 3.05) is 0 Å². The van der Waals surface area contributed by atoms with E-state index in [1.165, 1.54) is 0 Å². The first kappa shape index (κ1) is 22.1. The molecule has 2 amide bonds. The number of fused-ring (bicyclic) bond motifs is 1. The number of hydrogen-bond donors (Lipinski definition) is 4. The van der Waals surface area contributed by atoms with E-state index in [-0.39, 0.29) is 18.4 Å². The monoisotopic (exact) mass is 441 g/mol. The van der Waals surface area contributed by atoms with Crippen molar-refractivity contribution in [3.05, 3.63) is 108 Å². The van der Waals surface area contributed by atoms with E-state index in [0.717, 1.165) is 27.6 Å². The number of carbonyl (C=O) groups is 2. The number of aromatic nitrogens is 1. The van der Waals surface area contributed by atoms with Gasteiger partial charge in [-0.2, -0.15) is 0 Å². The van der Waals surface area contributed by atoms with Gasteiger partial charge in [0.2, 0.25) is 5.91 Å². The van der Waals surface area contributed by atoms with Crippen LogP contribution in [0.4, 0.5) is 4.79 Å². The highest BCUT2D eigenvalue weighted by molar-refractivity contribution is 5.91. The van der Waals surface area contributed by atoms with E-state index in [1.54, 1.807) is 6.92 Å². The Balaban J connectivity index is 1.63. The second-order valence-electron chi connectivity index (χ2n) is 8.42. The molecular formula is C27H27N3O3. The van der Waals surface area contributed by atoms with Crippen LogP contribution in [0.2, 0.25) is 0 Å². The van der Waals surface area contributed by atoms with E-state index in [0.29, 0.717) is 6.42 Å². The van der Waals surface area contributed by atoms with E-state index in [1.807, 2.05) is 91.1 Å². The first-order chi connectivity index (χ1) is 15.9. The van der Waals surface area contributed by atoms with Gasteiger partial charge in [0, 0.05) is 23.5 Å². The summed E-state index contributed by atoms with van der Waals surface area (Å²) in [4.78, 5) is 28.4.